The van der Waals surface area contributed by atoms with E-state index in [1.165, 1.54) is 11.3 Å². The summed E-state index contributed by atoms with van der Waals surface area (Å²) in [5.41, 5.74) is 0.780. The van der Waals surface area contributed by atoms with Gasteiger partial charge in [0.25, 0.3) is 11.5 Å². The van der Waals surface area contributed by atoms with Crippen molar-refractivity contribution in [2.24, 2.45) is 0 Å². The van der Waals surface area contributed by atoms with Gasteiger partial charge in [0, 0.05) is 32.2 Å². The second kappa shape index (κ2) is 6.88. The summed E-state index contributed by atoms with van der Waals surface area (Å²) in [5.74, 6) is 0.777. The van der Waals surface area contributed by atoms with E-state index in [0.29, 0.717) is 28.3 Å². The van der Waals surface area contributed by atoms with Gasteiger partial charge in [-0.05, 0) is 38.2 Å². The molecule has 0 aliphatic carbocycles. The summed E-state index contributed by atoms with van der Waals surface area (Å²) in [4.78, 5) is 31.7. The van der Waals surface area contributed by atoms with Crippen molar-refractivity contribution in [3.63, 3.8) is 0 Å². The number of amides is 1. The minimum Gasteiger partial charge on any atom is -0.381 e. The fourth-order valence-electron chi connectivity index (χ4n) is 3.72. The Hall–Kier alpha value is -1.73. The van der Waals surface area contributed by atoms with Crippen LogP contribution in [-0.4, -0.2) is 34.7 Å². The number of carbonyl (C=O) groups excluding carboxylic acids is 1. The maximum absolute atomic E-state index is 13.0. The molecule has 134 valence electrons. The Kier molecular flexibility index (Phi) is 4.60. The quantitative estimate of drug-likeness (QED) is 0.891. The Morgan fingerprint density at radius 2 is 2.08 bits per heavy atom. The number of carbonyl (C=O) groups is 1. The summed E-state index contributed by atoms with van der Waals surface area (Å²) in [7, 11) is 0. The normalized spacial score (nSPS) is 18.8. The van der Waals surface area contributed by atoms with Gasteiger partial charge < -0.3 is 10.1 Å². The van der Waals surface area contributed by atoms with Crippen molar-refractivity contribution < 1.29 is 9.53 Å². The molecular weight excluding hydrogens is 338 g/mol. The summed E-state index contributed by atoms with van der Waals surface area (Å²) in [5, 5.41) is 3.71. The molecule has 2 aliphatic rings. The molecule has 4 rings (SSSR count). The van der Waals surface area contributed by atoms with Gasteiger partial charge >= 0.3 is 0 Å². The molecule has 1 fully saturated rings. The third-order valence-electron chi connectivity index (χ3n) is 5.17. The van der Waals surface area contributed by atoms with Crippen molar-refractivity contribution >= 4 is 27.5 Å². The summed E-state index contributed by atoms with van der Waals surface area (Å²) >= 11 is 1.35. The van der Waals surface area contributed by atoms with E-state index < -0.39 is 0 Å². The molecule has 1 N–H and O–H groups in total. The predicted molar refractivity (Wildman–Crippen MR) is 97.5 cm³/mol. The number of hydrogen-bond donors (Lipinski definition) is 1. The zero-order valence-electron chi connectivity index (χ0n) is 14.5. The molecule has 7 heteroatoms. The van der Waals surface area contributed by atoms with Crippen LogP contribution in [0.3, 0.4) is 0 Å². The number of aromatic nitrogens is 2. The Bertz CT molecular complexity index is 865. The maximum Gasteiger partial charge on any atom is 0.262 e. The van der Waals surface area contributed by atoms with Crippen LogP contribution in [0.1, 0.15) is 53.2 Å². The lowest BCUT2D eigenvalue weighted by Crippen LogP contribution is -2.38. The predicted octanol–water partition coefficient (Wildman–Crippen LogP) is 2.40. The highest BCUT2D eigenvalue weighted by molar-refractivity contribution is 7.20. The molecule has 0 atom stereocenters. The summed E-state index contributed by atoms with van der Waals surface area (Å²) in [6.45, 7) is 3.97. The monoisotopic (exact) mass is 361 g/mol. The van der Waals surface area contributed by atoms with Crippen LogP contribution in [0.2, 0.25) is 0 Å². The van der Waals surface area contributed by atoms with E-state index in [0.717, 1.165) is 56.5 Å². The first-order chi connectivity index (χ1) is 12.1. The fourth-order valence-corrected chi connectivity index (χ4v) is 4.81. The second-order valence-corrected chi connectivity index (χ2v) is 7.89. The molecule has 0 saturated carbocycles. The molecular formula is C18H23N3O3S. The van der Waals surface area contributed by atoms with Crippen LogP contribution in [0.15, 0.2) is 4.79 Å². The Morgan fingerprint density at radius 3 is 2.88 bits per heavy atom. The Morgan fingerprint density at radius 1 is 1.28 bits per heavy atom. The molecule has 1 amide bonds. The fraction of sp³-hybridized carbons (Fsp3) is 0.611. The summed E-state index contributed by atoms with van der Waals surface area (Å²) in [6, 6.07) is 0.150. The summed E-state index contributed by atoms with van der Waals surface area (Å²) < 4.78 is 7.15. The lowest BCUT2D eigenvalue weighted by Gasteiger charge is -2.22. The smallest absolute Gasteiger partial charge is 0.262 e. The van der Waals surface area contributed by atoms with Crippen molar-refractivity contribution in [3.05, 3.63) is 26.6 Å². The average molecular weight is 361 g/mol. The van der Waals surface area contributed by atoms with E-state index >= 15 is 0 Å². The molecule has 2 aliphatic heterocycles. The number of hydrogen-bond acceptors (Lipinski definition) is 5. The van der Waals surface area contributed by atoms with E-state index in [1.54, 1.807) is 0 Å². The molecule has 0 bridgehead atoms. The third kappa shape index (κ3) is 3.11. The molecule has 4 heterocycles. The first kappa shape index (κ1) is 16.7. The van der Waals surface area contributed by atoms with Crippen LogP contribution in [0, 0.1) is 6.92 Å². The van der Waals surface area contributed by atoms with E-state index in [2.05, 4.69) is 5.32 Å². The van der Waals surface area contributed by atoms with Gasteiger partial charge in [-0.25, -0.2) is 4.98 Å². The number of thiophene rings is 1. The van der Waals surface area contributed by atoms with Crippen molar-refractivity contribution in [1.29, 1.82) is 0 Å². The van der Waals surface area contributed by atoms with E-state index in [1.807, 2.05) is 11.5 Å². The number of nitrogens with zero attached hydrogens (tertiary/aromatic N) is 2. The lowest BCUT2D eigenvalue weighted by molar-refractivity contribution is 0.0698. The molecule has 0 aromatic carbocycles. The Labute approximate surface area is 150 Å². The van der Waals surface area contributed by atoms with Crippen molar-refractivity contribution in [3.8, 4) is 0 Å². The van der Waals surface area contributed by atoms with Gasteiger partial charge in [-0.15, -0.1) is 11.3 Å². The molecule has 6 nitrogen and oxygen atoms in total. The van der Waals surface area contributed by atoms with Crippen LogP contribution >= 0.6 is 11.3 Å². The van der Waals surface area contributed by atoms with Crippen molar-refractivity contribution in [2.75, 3.05) is 13.2 Å². The molecule has 2 aromatic rings. The first-order valence-corrected chi connectivity index (χ1v) is 9.88. The van der Waals surface area contributed by atoms with Gasteiger partial charge in [-0.2, -0.15) is 0 Å². The number of aryl methyl sites for hydroxylation is 2. The van der Waals surface area contributed by atoms with Crippen molar-refractivity contribution in [1.82, 2.24) is 14.9 Å². The maximum atomic E-state index is 13.0. The largest absolute Gasteiger partial charge is 0.381 e. The lowest BCUT2D eigenvalue weighted by atomic mass is 10.1. The molecule has 0 spiro atoms. The zero-order chi connectivity index (χ0) is 17.4. The average Bonchev–Trinajstić information content (AvgIpc) is 2.79. The van der Waals surface area contributed by atoms with Gasteiger partial charge in [0.15, 0.2) is 0 Å². The SMILES string of the molecule is Cc1c(C(=O)NC2CCOCC2)sc2nc3n(c(=O)c12)CCCCC3. The van der Waals surface area contributed by atoms with Gasteiger partial charge in [-0.1, -0.05) is 6.42 Å². The second-order valence-electron chi connectivity index (χ2n) is 6.89. The zero-order valence-corrected chi connectivity index (χ0v) is 15.3. The highest BCUT2D eigenvalue weighted by Crippen LogP contribution is 2.28. The minimum absolute atomic E-state index is 0.0146. The standard InChI is InChI=1S/C18H23N3O3S/c1-11-14-17(20-13-5-3-2-4-8-21(13)18(14)23)25-15(11)16(22)19-12-6-9-24-10-7-12/h12H,2-10H2,1H3,(H,19,22). The topological polar surface area (TPSA) is 73.2 Å². The first-order valence-electron chi connectivity index (χ1n) is 9.06. The molecule has 2 aromatic heterocycles. The van der Waals surface area contributed by atoms with Crippen LogP contribution in [-0.2, 0) is 17.7 Å². The molecule has 0 unspecified atom stereocenters. The van der Waals surface area contributed by atoms with Crippen LogP contribution in [0.25, 0.3) is 10.2 Å². The number of fused-ring (bicyclic) bond motifs is 2. The Balaban J connectivity index is 1.71. The number of rotatable bonds is 2. The highest BCUT2D eigenvalue weighted by atomic mass is 32.1. The van der Waals surface area contributed by atoms with Gasteiger partial charge in [0.05, 0.1) is 10.3 Å². The van der Waals surface area contributed by atoms with E-state index in [4.69, 9.17) is 9.72 Å². The minimum atomic E-state index is -0.0907. The summed E-state index contributed by atoms with van der Waals surface area (Å²) in [6.07, 6.45) is 5.73. The number of ether oxygens (including phenoxy) is 1. The van der Waals surface area contributed by atoms with Crippen LogP contribution < -0.4 is 10.9 Å². The molecule has 25 heavy (non-hydrogen) atoms. The van der Waals surface area contributed by atoms with E-state index in [-0.39, 0.29) is 17.5 Å². The van der Waals surface area contributed by atoms with Crippen molar-refractivity contribution in [2.45, 2.75) is 58.0 Å². The number of nitrogens with one attached hydrogen (secondary N) is 1. The van der Waals surface area contributed by atoms with E-state index in [9.17, 15) is 9.59 Å². The van der Waals surface area contributed by atoms with Crippen LogP contribution in [0.5, 0.6) is 0 Å². The van der Waals surface area contributed by atoms with Gasteiger partial charge in [0.1, 0.15) is 10.7 Å². The highest BCUT2D eigenvalue weighted by Gasteiger charge is 2.24. The molecule has 1 saturated heterocycles. The third-order valence-corrected chi connectivity index (χ3v) is 6.36. The van der Waals surface area contributed by atoms with Gasteiger partial charge in [-0.3, -0.25) is 14.2 Å². The molecule has 0 radical (unpaired) electrons. The van der Waals surface area contributed by atoms with Crippen LogP contribution in [0.4, 0.5) is 0 Å². The van der Waals surface area contributed by atoms with Gasteiger partial charge in [0.2, 0.25) is 0 Å².